The second-order valence-corrected chi connectivity index (χ2v) is 7.45. The topological polar surface area (TPSA) is 81.3 Å². The first-order valence-electron chi connectivity index (χ1n) is 10.1. The van der Waals surface area contributed by atoms with E-state index in [0.29, 0.717) is 19.0 Å². The molecular formula is C23H28FN5O. The van der Waals surface area contributed by atoms with Crippen LogP contribution in [0.5, 0.6) is 0 Å². The van der Waals surface area contributed by atoms with E-state index in [4.69, 9.17) is 0 Å². The minimum atomic E-state index is -0.233. The van der Waals surface area contributed by atoms with Crippen LogP contribution < -0.4 is 16.0 Å². The average molecular weight is 410 g/mol. The Balaban J connectivity index is 1.47. The van der Waals surface area contributed by atoms with Gasteiger partial charge >= 0.3 is 0 Å². The van der Waals surface area contributed by atoms with Crippen LogP contribution in [0.4, 0.5) is 10.1 Å². The summed E-state index contributed by atoms with van der Waals surface area (Å²) in [6.45, 7) is 5.01. The number of amides is 1. The van der Waals surface area contributed by atoms with Gasteiger partial charge in [0.05, 0.1) is 0 Å². The summed E-state index contributed by atoms with van der Waals surface area (Å²) >= 11 is 0. The number of guanidine groups is 1. The summed E-state index contributed by atoms with van der Waals surface area (Å²) in [5.41, 5.74) is 3.86. The number of H-pyrrole nitrogens is 1. The summed E-state index contributed by atoms with van der Waals surface area (Å²) in [7, 11) is 1.72. The minimum Gasteiger partial charge on any atom is -0.361 e. The Kier molecular flexibility index (Phi) is 7.06. The number of anilines is 1. The number of carbonyl (C=O) groups excluding carboxylic acids is 1. The Morgan fingerprint density at radius 1 is 1.13 bits per heavy atom. The molecule has 0 atom stereocenters. The minimum absolute atomic E-state index is 0.00316. The van der Waals surface area contributed by atoms with Gasteiger partial charge in [0.2, 0.25) is 5.91 Å². The Morgan fingerprint density at radius 3 is 2.60 bits per heavy atom. The number of hydrogen-bond acceptors (Lipinski definition) is 2. The molecule has 30 heavy (non-hydrogen) atoms. The first-order valence-corrected chi connectivity index (χ1v) is 10.1. The molecule has 3 rings (SSSR count). The zero-order chi connectivity index (χ0) is 21.5. The van der Waals surface area contributed by atoms with Crippen molar-refractivity contribution in [1.29, 1.82) is 0 Å². The molecule has 0 aliphatic carbocycles. The Bertz CT molecular complexity index is 1020. The van der Waals surface area contributed by atoms with Crippen LogP contribution in [0.2, 0.25) is 0 Å². The van der Waals surface area contributed by atoms with Crippen LogP contribution in [-0.2, 0) is 17.8 Å². The van der Waals surface area contributed by atoms with Gasteiger partial charge in [-0.2, -0.15) is 0 Å². The van der Waals surface area contributed by atoms with E-state index in [9.17, 15) is 9.18 Å². The molecule has 1 amide bonds. The quantitative estimate of drug-likeness (QED) is 0.354. The molecule has 158 valence electrons. The third-order valence-electron chi connectivity index (χ3n) is 4.85. The SMILES string of the molecule is CN=C(NCCc1c[nH]c2ccc(F)cc12)NCc1ccc(NC(=O)C(C)C)cc1. The summed E-state index contributed by atoms with van der Waals surface area (Å²) < 4.78 is 13.5. The van der Waals surface area contributed by atoms with E-state index < -0.39 is 0 Å². The van der Waals surface area contributed by atoms with Crippen molar-refractivity contribution in [1.82, 2.24) is 15.6 Å². The maximum atomic E-state index is 13.5. The number of nitrogens with zero attached hydrogens (tertiary/aromatic N) is 1. The van der Waals surface area contributed by atoms with Gasteiger partial charge in [0.25, 0.3) is 0 Å². The monoisotopic (exact) mass is 409 g/mol. The van der Waals surface area contributed by atoms with Crippen LogP contribution in [0, 0.1) is 11.7 Å². The van der Waals surface area contributed by atoms with E-state index in [-0.39, 0.29) is 17.6 Å². The van der Waals surface area contributed by atoms with Gasteiger partial charge in [0, 0.05) is 48.8 Å². The van der Waals surface area contributed by atoms with Gasteiger partial charge in [-0.1, -0.05) is 26.0 Å². The van der Waals surface area contributed by atoms with E-state index >= 15 is 0 Å². The van der Waals surface area contributed by atoms with Crippen LogP contribution >= 0.6 is 0 Å². The number of aliphatic imine (C=N–C) groups is 1. The third kappa shape index (κ3) is 5.59. The molecule has 0 saturated heterocycles. The first-order chi connectivity index (χ1) is 14.5. The van der Waals surface area contributed by atoms with Gasteiger partial charge in [0.15, 0.2) is 5.96 Å². The molecule has 0 saturated carbocycles. The highest BCUT2D eigenvalue weighted by Gasteiger charge is 2.07. The Morgan fingerprint density at radius 2 is 1.90 bits per heavy atom. The van der Waals surface area contributed by atoms with E-state index in [0.717, 1.165) is 34.1 Å². The fourth-order valence-electron chi connectivity index (χ4n) is 3.07. The third-order valence-corrected chi connectivity index (χ3v) is 4.85. The maximum absolute atomic E-state index is 13.5. The van der Waals surface area contributed by atoms with E-state index in [1.165, 1.54) is 6.07 Å². The summed E-state index contributed by atoms with van der Waals surface area (Å²) in [6, 6.07) is 12.5. The molecule has 0 unspecified atom stereocenters. The van der Waals surface area contributed by atoms with Crippen LogP contribution in [0.15, 0.2) is 53.7 Å². The molecule has 0 fully saturated rings. The van der Waals surface area contributed by atoms with Gasteiger partial charge in [0.1, 0.15) is 5.82 Å². The van der Waals surface area contributed by atoms with Gasteiger partial charge in [-0.25, -0.2) is 4.39 Å². The van der Waals surface area contributed by atoms with Crippen LogP contribution in [0.1, 0.15) is 25.0 Å². The molecule has 0 aliphatic rings. The molecule has 2 aromatic carbocycles. The molecular weight excluding hydrogens is 381 g/mol. The maximum Gasteiger partial charge on any atom is 0.226 e. The lowest BCUT2D eigenvalue weighted by Crippen LogP contribution is -2.37. The molecule has 1 aromatic heterocycles. The molecule has 0 aliphatic heterocycles. The van der Waals surface area contributed by atoms with Gasteiger partial charge < -0.3 is 20.9 Å². The standard InChI is InChI=1S/C23H28FN5O/c1-15(2)22(30)29-19-7-4-16(5-8-19)13-28-23(25-3)26-11-10-17-14-27-21-9-6-18(24)12-20(17)21/h4-9,12,14-15,27H,10-11,13H2,1-3H3,(H,29,30)(H2,25,26,28). The van der Waals surface area contributed by atoms with Crippen molar-refractivity contribution in [2.75, 3.05) is 18.9 Å². The molecule has 3 aromatic rings. The van der Waals surface area contributed by atoms with E-state index in [1.54, 1.807) is 19.2 Å². The van der Waals surface area contributed by atoms with Crippen molar-refractivity contribution in [3.05, 3.63) is 65.6 Å². The van der Waals surface area contributed by atoms with Crippen LogP contribution in [0.25, 0.3) is 10.9 Å². The normalized spacial score (nSPS) is 11.7. The number of fused-ring (bicyclic) bond motifs is 1. The highest BCUT2D eigenvalue weighted by molar-refractivity contribution is 5.92. The van der Waals surface area contributed by atoms with Crippen molar-refractivity contribution in [2.24, 2.45) is 10.9 Å². The van der Waals surface area contributed by atoms with Crippen molar-refractivity contribution < 1.29 is 9.18 Å². The molecule has 1 heterocycles. The van der Waals surface area contributed by atoms with E-state index in [1.807, 2.05) is 44.3 Å². The van der Waals surface area contributed by atoms with Gasteiger partial charge in [-0.05, 0) is 47.9 Å². The number of benzene rings is 2. The fourth-order valence-corrected chi connectivity index (χ4v) is 3.07. The predicted molar refractivity (Wildman–Crippen MR) is 120 cm³/mol. The Hall–Kier alpha value is -3.35. The zero-order valence-corrected chi connectivity index (χ0v) is 17.6. The number of nitrogens with one attached hydrogen (secondary N) is 4. The number of hydrogen-bond donors (Lipinski definition) is 4. The number of aromatic nitrogens is 1. The number of rotatable bonds is 7. The fraction of sp³-hybridized carbons (Fsp3) is 0.304. The van der Waals surface area contributed by atoms with Crippen molar-refractivity contribution in [3.8, 4) is 0 Å². The number of carbonyl (C=O) groups is 1. The molecule has 6 nitrogen and oxygen atoms in total. The second-order valence-electron chi connectivity index (χ2n) is 7.45. The largest absolute Gasteiger partial charge is 0.361 e. The molecule has 0 spiro atoms. The molecule has 4 N–H and O–H groups in total. The van der Waals surface area contributed by atoms with Crippen molar-refractivity contribution in [2.45, 2.75) is 26.8 Å². The van der Waals surface area contributed by atoms with Crippen molar-refractivity contribution in [3.63, 3.8) is 0 Å². The molecule has 7 heteroatoms. The highest BCUT2D eigenvalue weighted by Crippen LogP contribution is 2.19. The van der Waals surface area contributed by atoms with E-state index in [2.05, 4.69) is 25.9 Å². The zero-order valence-electron chi connectivity index (χ0n) is 17.6. The summed E-state index contributed by atoms with van der Waals surface area (Å²) in [5.74, 6) is 0.411. The van der Waals surface area contributed by atoms with Crippen LogP contribution in [0.3, 0.4) is 0 Å². The first kappa shape index (κ1) is 21.4. The smallest absolute Gasteiger partial charge is 0.226 e. The molecule has 0 radical (unpaired) electrons. The highest BCUT2D eigenvalue weighted by atomic mass is 19.1. The predicted octanol–water partition coefficient (Wildman–Crippen LogP) is 3.81. The lowest BCUT2D eigenvalue weighted by molar-refractivity contribution is -0.118. The summed E-state index contributed by atoms with van der Waals surface area (Å²) in [6.07, 6.45) is 2.66. The lowest BCUT2D eigenvalue weighted by atomic mass is 10.1. The average Bonchev–Trinajstić information content (AvgIpc) is 3.13. The summed E-state index contributed by atoms with van der Waals surface area (Å²) in [4.78, 5) is 19.2. The van der Waals surface area contributed by atoms with Crippen molar-refractivity contribution >= 4 is 28.5 Å². The van der Waals surface area contributed by atoms with Crippen LogP contribution in [-0.4, -0.2) is 30.4 Å². The lowest BCUT2D eigenvalue weighted by Gasteiger charge is -2.12. The Labute approximate surface area is 176 Å². The van der Waals surface area contributed by atoms with Gasteiger partial charge in [-0.3, -0.25) is 9.79 Å². The number of halogens is 1. The summed E-state index contributed by atoms with van der Waals surface area (Å²) in [5, 5.41) is 10.3. The van der Waals surface area contributed by atoms with Gasteiger partial charge in [-0.15, -0.1) is 0 Å². The number of aromatic amines is 1. The molecule has 0 bridgehead atoms. The second kappa shape index (κ2) is 9.91.